The Bertz CT molecular complexity index is 377. The molecule has 1 aromatic heterocycles. The Morgan fingerprint density at radius 1 is 1.47 bits per heavy atom. The quantitative estimate of drug-likeness (QED) is 0.696. The molecule has 5 heteroatoms. The first kappa shape index (κ1) is 15.4. The van der Waals surface area contributed by atoms with Crippen molar-refractivity contribution < 1.29 is 9.53 Å². The van der Waals surface area contributed by atoms with E-state index in [9.17, 15) is 4.79 Å². The van der Waals surface area contributed by atoms with Gasteiger partial charge in [0.1, 0.15) is 0 Å². The molecule has 0 spiro atoms. The lowest BCUT2D eigenvalue weighted by Gasteiger charge is -2.07. The van der Waals surface area contributed by atoms with Crippen LogP contribution >= 0.6 is 0 Å². The van der Waals surface area contributed by atoms with Crippen LogP contribution in [0.3, 0.4) is 0 Å². The van der Waals surface area contributed by atoms with E-state index in [0.717, 1.165) is 18.7 Å². The van der Waals surface area contributed by atoms with E-state index in [1.807, 2.05) is 0 Å². The molecule has 5 nitrogen and oxygen atoms in total. The first-order valence-corrected chi connectivity index (χ1v) is 6.62. The van der Waals surface area contributed by atoms with Gasteiger partial charge in [-0.15, -0.1) is 0 Å². The maximum absolute atomic E-state index is 11.6. The normalized spacial score (nSPS) is 10.7. The molecular weight excluding hydrogens is 242 g/mol. The summed E-state index contributed by atoms with van der Waals surface area (Å²) in [6.07, 6.45) is 2.67. The zero-order chi connectivity index (χ0) is 14.1. The highest BCUT2D eigenvalue weighted by molar-refractivity contribution is 5.78. The SMILES string of the molecule is CC(C)COCCCNC(=O)Cc1ccc(N)cn1. The maximum atomic E-state index is 11.6. The molecule has 1 rings (SSSR count). The number of carbonyl (C=O) groups is 1. The minimum atomic E-state index is -0.0267. The second-order valence-electron chi connectivity index (χ2n) is 4.93. The number of rotatable bonds is 8. The van der Waals surface area contributed by atoms with E-state index in [0.29, 0.717) is 24.8 Å². The highest BCUT2D eigenvalue weighted by Crippen LogP contribution is 2.01. The zero-order valence-corrected chi connectivity index (χ0v) is 11.7. The van der Waals surface area contributed by atoms with Gasteiger partial charge in [-0.05, 0) is 24.5 Å². The third kappa shape index (κ3) is 7.41. The fraction of sp³-hybridized carbons (Fsp3) is 0.571. The lowest BCUT2D eigenvalue weighted by Crippen LogP contribution is -2.27. The van der Waals surface area contributed by atoms with Crippen LogP contribution in [0.2, 0.25) is 0 Å². The van der Waals surface area contributed by atoms with E-state index in [1.165, 1.54) is 0 Å². The van der Waals surface area contributed by atoms with Gasteiger partial charge in [0.05, 0.1) is 18.3 Å². The maximum Gasteiger partial charge on any atom is 0.226 e. The van der Waals surface area contributed by atoms with Crippen molar-refractivity contribution in [2.45, 2.75) is 26.7 Å². The summed E-state index contributed by atoms with van der Waals surface area (Å²) in [5, 5.41) is 2.84. The van der Waals surface area contributed by atoms with Gasteiger partial charge >= 0.3 is 0 Å². The molecule has 0 unspecified atom stereocenters. The number of anilines is 1. The summed E-state index contributed by atoms with van der Waals surface area (Å²) in [5.41, 5.74) is 6.86. The molecule has 1 heterocycles. The Hall–Kier alpha value is -1.62. The number of pyridine rings is 1. The molecule has 0 fully saturated rings. The molecule has 106 valence electrons. The van der Waals surface area contributed by atoms with Crippen molar-refractivity contribution in [3.63, 3.8) is 0 Å². The second kappa shape index (κ2) is 8.48. The Morgan fingerprint density at radius 2 is 2.26 bits per heavy atom. The molecule has 0 saturated carbocycles. The van der Waals surface area contributed by atoms with Gasteiger partial charge in [-0.25, -0.2) is 0 Å². The number of aromatic nitrogens is 1. The molecule has 0 aliphatic rings. The van der Waals surface area contributed by atoms with Gasteiger partial charge in [-0.2, -0.15) is 0 Å². The molecule has 0 aromatic carbocycles. The average Bonchev–Trinajstić information content (AvgIpc) is 2.36. The first-order chi connectivity index (χ1) is 9.08. The van der Waals surface area contributed by atoms with Crippen molar-refractivity contribution in [2.24, 2.45) is 5.92 Å². The van der Waals surface area contributed by atoms with Crippen LogP contribution in [0, 0.1) is 5.92 Å². The van der Waals surface area contributed by atoms with E-state index in [1.54, 1.807) is 18.3 Å². The Balaban J connectivity index is 2.09. The molecule has 0 radical (unpaired) electrons. The summed E-state index contributed by atoms with van der Waals surface area (Å²) in [7, 11) is 0. The van der Waals surface area contributed by atoms with Crippen molar-refractivity contribution in [2.75, 3.05) is 25.5 Å². The third-order valence-corrected chi connectivity index (χ3v) is 2.43. The summed E-state index contributed by atoms with van der Waals surface area (Å²) in [6.45, 7) is 6.30. The predicted octanol–water partition coefficient (Wildman–Crippen LogP) is 1.39. The highest BCUT2D eigenvalue weighted by atomic mass is 16.5. The molecule has 1 amide bonds. The van der Waals surface area contributed by atoms with E-state index >= 15 is 0 Å². The van der Waals surface area contributed by atoms with Crippen LogP contribution in [0.25, 0.3) is 0 Å². The number of hydrogen-bond acceptors (Lipinski definition) is 4. The number of nitrogens with two attached hydrogens (primary N) is 1. The summed E-state index contributed by atoms with van der Waals surface area (Å²) >= 11 is 0. The van der Waals surface area contributed by atoms with Crippen molar-refractivity contribution in [1.82, 2.24) is 10.3 Å². The van der Waals surface area contributed by atoms with E-state index in [4.69, 9.17) is 10.5 Å². The Kier molecular flexibility index (Phi) is 6.89. The van der Waals surface area contributed by atoms with E-state index in [-0.39, 0.29) is 12.3 Å². The number of ether oxygens (including phenoxy) is 1. The van der Waals surface area contributed by atoms with Crippen LogP contribution in [0.1, 0.15) is 26.0 Å². The van der Waals surface area contributed by atoms with Crippen molar-refractivity contribution in [3.8, 4) is 0 Å². The van der Waals surface area contributed by atoms with E-state index in [2.05, 4.69) is 24.1 Å². The molecule has 1 aromatic rings. The number of nitrogens with one attached hydrogen (secondary N) is 1. The Morgan fingerprint density at radius 3 is 2.89 bits per heavy atom. The van der Waals surface area contributed by atoms with Gasteiger partial charge in [0.25, 0.3) is 0 Å². The lowest BCUT2D eigenvalue weighted by atomic mass is 10.2. The molecule has 0 atom stereocenters. The van der Waals surface area contributed by atoms with Gasteiger partial charge < -0.3 is 15.8 Å². The topological polar surface area (TPSA) is 77.2 Å². The van der Waals surface area contributed by atoms with Gasteiger partial charge in [-0.1, -0.05) is 13.8 Å². The number of nitrogen functional groups attached to an aromatic ring is 1. The number of nitrogens with zero attached hydrogens (tertiary/aromatic N) is 1. The number of carbonyl (C=O) groups excluding carboxylic acids is 1. The van der Waals surface area contributed by atoms with Crippen LogP contribution in [0.5, 0.6) is 0 Å². The minimum Gasteiger partial charge on any atom is -0.397 e. The number of amides is 1. The predicted molar refractivity (Wildman–Crippen MR) is 75.6 cm³/mol. The molecule has 0 saturated heterocycles. The summed E-state index contributed by atoms with van der Waals surface area (Å²) in [5.74, 6) is 0.521. The molecule has 0 aliphatic carbocycles. The van der Waals surface area contributed by atoms with Crippen molar-refractivity contribution in [3.05, 3.63) is 24.0 Å². The fourth-order valence-corrected chi connectivity index (χ4v) is 1.49. The third-order valence-electron chi connectivity index (χ3n) is 2.43. The van der Waals surface area contributed by atoms with Gasteiger partial charge in [0.2, 0.25) is 5.91 Å². The summed E-state index contributed by atoms with van der Waals surface area (Å²) < 4.78 is 5.43. The molecule has 0 bridgehead atoms. The average molecular weight is 265 g/mol. The van der Waals surface area contributed by atoms with Crippen LogP contribution in [-0.2, 0) is 16.0 Å². The molecule has 0 aliphatic heterocycles. The molecule has 3 N–H and O–H groups in total. The molecule has 19 heavy (non-hydrogen) atoms. The van der Waals surface area contributed by atoms with Crippen LogP contribution in [-0.4, -0.2) is 30.6 Å². The number of hydrogen-bond donors (Lipinski definition) is 2. The van der Waals surface area contributed by atoms with Crippen LogP contribution in [0.15, 0.2) is 18.3 Å². The minimum absolute atomic E-state index is 0.0267. The first-order valence-electron chi connectivity index (χ1n) is 6.62. The monoisotopic (exact) mass is 265 g/mol. The van der Waals surface area contributed by atoms with Crippen LogP contribution < -0.4 is 11.1 Å². The lowest BCUT2D eigenvalue weighted by molar-refractivity contribution is -0.120. The summed E-state index contributed by atoms with van der Waals surface area (Å²) in [6, 6.07) is 3.51. The van der Waals surface area contributed by atoms with Gasteiger partial charge in [0, 0.05) is 25.5 Å². The zero-order valence-electron chi connectivity index (χ0n) is 11.7. The van der Waals surface area contributed by atoms with Gasteiger partial charge in [0.15, 0.2) is 0 Å². The highest BCUT2D eigenvalue weighted by Gasteiger charge is 2.03. The largest absolute Gasteiger partial charge is 0.397 e. The van der Waals surface area contributed by atoms with Crippen molar-refractivity contribution in [1.29, 1.82) is 0 Å². The smallest absolute Gasteiger partial charge is 0.226 e. The Labute approximate surface area is 114 Å². The van der Waals surface area contributed by atoms with E-state index < -0.39 is 0 Å². The second-order valence-corrected chi connectivity index (χ2v) is 4.93. The van der Waals surface area contributed by atoms with Gasteiger partial charge in [-0.3, -0.25) is 9.78 Å². The van der Waals surface area contributed by atoms with Crippen molar-refractivity contribution >= 4 is 11.6 Å². The van der Waals surface area contributed by atoms with Crippen LogP contribution in [0.4, 0.5) is 5.69 Å². The standard InChI is InChI=1S/C14H23N3O2/c1-11(2)10-19-7-3-6-16-14(18)8-13-5-4-12(15)9-17-13/h4-5,9,11H,3,6-8,10,15H2,1-2H3,(H,16,18). The summed E-state index contributed by atoms with van der Waals surface area (Å²) in [4.78, 5) is 15.7. The molecular formula is C14H23N3O2. The fourth-order valence-electron chi connectivity index (χ4n) is 1.49.